The zero-order valence-corrected chi connectivity index (χ0v) is 10.9. The molecule has 2 rings (SSSR count). The van der Waals surface area contributed by atoms with Crippen molar-refractivity contribution in [3.05, 3.63) is 0 Å². The fourth-order valence-electron chi connectivity index (χ4n) is 3.19. The van der Waals surface area contributed by atoms with Crippen LogP contribution in [0.1, 0.15) is 64.7 Å². The lowest BCUT2D eigenvalue weighted by Gasteiger charge is -2.41. The first-order chi connectivity index (χ1) is 8.08. The Morgan fingerprint density at radius 2 is 1.82 bits per heavy atom. The van der Waals surface area contributed by atoms with Crippen LogP contribution >= 0.6 is 0 Å². The molecule has 0 saturated heterocycles. The standard InChI is InChI=1S/C14H25NO2/c1-2-13(6-5-7-13)11-15-12(16)10-14(17)8-3-4-9-14/h17H,2-11H2,1H3,(H,15,16). The van der Waals surface area contributed by atoms with E-state index in [1.807, 2.05) is 0 Å². The van der Waals surface area contributed by atoms with Gasteiger partial charge in [0.1, 0.15) is 0 Å². The van der Waals surface area contributed by atoms with Crippen LogP contribution in [0.15, 0.2) is 0 Å². The smallest absolute Gasteiger partial charge is 0.222 e. The molecular weight excluding hydrogens is 214 g/mol. The maximum atomic E-state index is 11.8. The lowest BCUT2D eigenvalue weighted by atomic mass is 9.67. The SMILES string of the molecule is CCC1(CNC(=O)CC2(O)CCCC2)CCC1. The van der Waals surface area contributed by atoms with E-state index in [0.717, 1.165) is 38.6 Å². The van der Waals surface area contributed by atoms with Gasteiger partial charge in [0.05, 0.1) is 12.0 Å². The van der Waals surface area contributed by atoms with E-state index in [0.29, 0.717) is 11.8 Å². The molecule has 17 heavy (non-hydrogen) atoms. The average Bonchev–Trinajstić information content (AvgIpc) is 2.64. The van der Waals surface area contributed by atoms with Gasteiger partial charge in [-0.1, -0.05) is 26.2 Å². The molecule has 0 aromatic rings. The summed E-state index contributed by atoms with van der Waals surface area (Å²) < 4.78 is 0. The molecule has 2 N–H and O–H groups in total. The van der Waals surface area contributed by atoms with Gasteiger partial charge in [-0.15, -0.1) is 0 Å². The molecule has 0 atom stereocenters. The number of hydrogen-bond donors (Lipinski definition) is 2. The Labute approximate surface area is 104 Å². The summed E-state index contributed by atoms with van der Waals surface area (Å²) >= 11 is 0. The van der Waals surface area contributed by atoms with Crippen molar-refractivity contribution in [2.75, 3.05) is 6.54 Å². The molecule has 2 aliphatic carbocycles. The van der Waals surface area contributed by atoms with Gasteiger partial charge < -0.3 is 10.4 Å². The highest BCUT2D eigenvalue weighted by Crippen LogP contribution is 2.43. The molecule has 0 bridgehead atoms. The van der Waals surface area contributed by atoms with Gasteiger partial charge in [-0.25, -0.2) is 0 Å². The Hall–Kier alpha value is -0.570. The Morgan fingerprint density at radius 3 is 2.29 bits per heavy atom. The Balaban J connectivity index is 1.74. The second-order valence-corrected chi connectivity index (χ2v) is 6.09. The molecule has 2 fully saturated rings. The van der Waals surface area contributed by atoms with Crippen LogP contribution in [0.3, 0.4) is 0 Å². The third-order valence-corrected chi connectivity index (χ3v) is 4.85. The minimum absolute atomic E-state index is 0.0362. The molecule has 0 aromatic heterocycles. The summed E-state index contributed by atoms with van der Waals surface area (Å²) in [6.07, 6.45) is 8.93. The Kier molecular flexibility index (Phi) is 3.76. The maximum Gasteiger partial charge on any atom is 0.222 e. The molecule has 0 aromatic carbocycles. The van der Waals surface area contributed by atoms with Gasteiger partial charge in [0.2, 0.25) is 5.91 Å². The van der Waals surface area contributed by atoms with E-state index in [2.05, 4.69) is 12.2 Å². The van der Waals surface area contributed by atoms with E-state index < -0.39 is 5.60 Å². The lowest BCUT2D eigenvalue weighted by Crippen LogP contribution is -2.43. The molecule has 0 spiro atoms. The first kappa shape index (κ1) is 12.9. The number of nitrogens with one attached hydrogen (secondary N) is 1. The monoisotopic (exact) mass is 239 g/mol. The highest BCUT2D eigenvalue weighted by molar-refractivity contribution is 5.77. The van der Waals surface area contributed by atoms with Gasteiger partial charge in [-0.2, -0.15) is 0 Å². The Bertz CT molecular complexity index is 272. The molecule has 2 saturated carbocycles. The van der Waals surface area contributed by atoms with E-state index >= 15 is 0 Å². The molecule has 0 radical (unpaired) electrons. The first-order valence-electron chi connectivity index (χ1n) is 7.07. The van der Waals surface area contributed by atoms with Gasteiger partial charge in [-0.3, -0.25) is 4.79 Å². The van der Waals surface area contributed by atoms with Gasteiger partial charge >= 0.3 is 0 Å². The fourth-order valence-corrected chi connectivity index (χ4v) is 3.19. The van der Waals surface area contributed by atoms with E-state index in [-0.39, 0.29) is 5.91 Å². The van der Waals surface area contributed by atoms with E-state index in [1.165, 1.54) is 19.3 Å². The summed E-state index contributed by atoms with van der Waals surface area (Å²) in [5.41, 5.74) is -0.336. The molecule has 0 aliphatic heterocycles. The highest BCUT2D eigenvalue weighted by atomic mass is 16.3. The molecule has 1 amide bonds. The quantitative estimate of drug-likeness (QED) is 0.774. The summed E-state index contributed by atoms with van der Waals surface area (Å²) in [5.74, 6) is 0.0362. The summed E-state index contributed by atoms with van der Waals surface area (Å²) in [6, 6.07) is 0. The van der Waals surface area contributed by atoms with Crippen LogP contribution in [0.5, 0.6) is 0 Å². The van der Waals surface area contributed by atoms with Crippen LogP contribution in [0.25, 0.3) is 0 Å². The third kappa shape index (κ3) is 3.01. The number of carbonyl (C=O) groups is 1. The largest absolute Gasteiger partial charge is 0.389 e. The summed E-state index contributed by atoms with van der Waals surface area (Å²) in [6.45, 7) is 3.01. The minimum Gasteiger partial charge on any atom is -0.389 e. The molecule has 0 unspecified atom stereocenters. The van der Waals surface area contributed by atoms with Crippen molar-refractivity contribution in [3.8, 4) is 0 Å². The van der Waals surface area contributed by atoms with Crippen LogP contribution < -0.4 is 5.32 Å². The number of hydrogen-bond acceptors (Lipinski definition) is 2. The van der Waals surface area contributed by atoms with Crippen molar-refractivity contribution in [2.24, 2.45) is 5.41 Å². The van der Waals surface area contributed by atoms with Gasteiger partial charge in [-0.05, 0) is 37.5 Å². The first-order valence-corrected chi connectivity index (χ1v) is 7.07. The average molecular weight is 239 g/mol. The Morgan fingerprint density at radius 1 is 1.18 bits per heavy atom. The van der Waals surface area contributed by atoms with Crippen molar-refractivity contribution in [1.29, 1.82) is 0 Å². The summed E-state index contributed by atoms with van der Waals surface area (Å²) in [5, 5.41) is 13.2. The van der Waals surface area contributed by atoms with E-state index in [9.17, 15) is 9.90 Å². The predicted octanol–water partition coefficient (Wildman–Crippen LogP) is 2.38. The second kappa shape index (κ2) is 4.97. The number of carbonyl (C=O) groups excluding carboxylic acids is 1. The molecule has 98 valence electrons. The summed E-state index contributed by atoms with van der Waals surface area (Å²) in [4.78, 5) is 11.8. The van der Waals surface area contributed by atoms with Crippen molar-refractivity contribution in [2.45, 2.75) is 70.3 Å². The lowest BCUT2D eigenvalue weighted by molar-refractivity contribution is -0.126. The molecule has 0 heterocycles. The zero-order chi connectivity index (χ0) is 12.4. The van der Waals surface area contributed by atoms with Crippen LogP contribution in [-0.2, 0) is 4.79 Å². The second-order valence-electron chi connectivity index (χ2n) is 6.09. The van der Waals surface area contributed by atoms with E-state index in [1.54, 1.807) is 0 Å². The zero-order valence-electron chi connectivity index (χ0n) is 10.9. The fraction of sp³-hybridized carbons (Fsp3) is 0.929. The maximum absolute atomic E-state index is 11.8. The predicted molar refractivity (Wildman–Crippen MR) is 67.6 cm³/mol. The number of rotatable bonds is 5. The van der Waals surface area contributed by atoms with Crippen molar-refractivity contribution >= 4 is 5.91 Å². The van der Waals surface area contributed by atoms with Crippen molar-refractivity contribution in [1.82, 2.24) is 5.32 Å². The number of aliphatic hydroxyl groups is 1. The minimum atomic E-state index is -0.705. The summed E-state index contributed by atoms with van der Waals surface area (Å²) in [7, 11) is 0. The van der Waals surface area contributed by atoms with Crippen LogP contribution in [-0.4, -0.2) is 23.2 Å². The van der Waals surface area contributed by atoms with Crippen molar-refractivity contribution < 1.29 is 9.90 Å². The molecular formula is C14H25NO2. The number of amides is 1. The van der Waals surface area contributed by atoms with Crippen LogP contribution in [0, 0.1) is 5.41 Å². The molecule has 3 nitrogen and oxygen atoms in total. The van der Waals surface area contributed by atoms with Crippen molar-refractivity contribution in [3.63, 3.8) is 0 Å². The normalized spacial score (nSPS) is 25.3. The highest BCUT2D eigenvalue weighted by Gasteiger charge is 2.37. The van der Waals surface area contributed by atoms with Crippen LogP contribution in [0.2, 0.25) is 0 Å². The molecule has 3 heteroatoms. The van der Waals surface area contributed by atoms with Gasteiger partial charge in [0, 0.05) is 6.54 Å². The van der Waals surface area contributed by atoms with Gasteiger partial charge in [0.15, 0.2) is 0 Å². The van der Waals surface area contributed by atoms with E-state index in [4.69, 9.17) is 0 Å². The topological polar surface area (TPSA) is 49.3 Å². The van der Waals surface area contributed by atoms with Gasteiger partial charge in [0.25, 0.3) is 0 Å². The van der Waals surface area contributed by atoms with Crippen LogP contribution in [0.4, 0.5) is 0 Å². The molecule has 2 aliphatic rings. The third-order valence-electron chi connectivity index (χ3n) is 4.85.